The fourth-order valence-electron chi connectivity index (χ4n) is 0.359. The van der Waals surface area contributed by atoms with Crippen LogP contribution in [0, 0.1) is 0 Å². The summed E-state index contributed by atoms with van der Waals surface area (Å²) in [6, 6.07) is 0. The largest absolute Gasteiger partial charge is 0.299 e. The van der Waals surface area contributed by atoms with Crippen molar-refractivity contribution in [2.75, 3.05) is 0 Å². The van der Waals surface area contributed by atoms with Crippen molar-refractivity contribution in [3.05, 3.63) is 0 Å². The zero-order valence-corrected chi connectivity index (χ0v) is 4.85. The van der Waals surface area contributed by atoms with E-state index in [1.54, 1.807) is 6.29 Å². The molecule has 3 nitrogen and oxygen atoms in total. The Hall–Kier alpha value is -0.990. The molecule has 0 unspecified atom stereocenters. The molecule has 48 valence electrons. The summed E-state index contributed by atoms with van der Waals surface area (Å²) in [6.45, 7) is 0. The van der Waals surface area contributed by atoms with Gasteiger partial charge in [-0.15, -0.1) is 0 Å². The molecule has 0 rings (SSSR count). The molecule has 0 bridgehead atoms. The molecule has 0 fully saturated rings. The lowest BCUT2D eigenvalue weighted by atomic mass is 10.2. The minimum Gasteiger partial charge on any atom is -0.299 e. The zero-order chi connectivity index (χ0) is 7.11. The smallest absolute Gasteiger partial charge is 0.206 e. The molecule has 0 aliphatic carbocycles. The number of hydrogen-bond donors (Lipinski definition) is 0. The summed E-state index contributed by atoms with van der Waals surface area (Å²) in [5, 5.41) is 0. The van der Waals surface area contributed by atoms with Gasteiger partial charge in [-0.25, -0.2) is 0 Å². The van der Waals surface area contributed by atoms with Crippen molar-refractivity contribution in [3.63, 3.8) is 0 Å². The number of rotatable bonds is 5. The highest BCUT2D eigenvalue weighted by Gasteiger charge is 1.98. The van der Waals surface area contributed by atoms with Gasteiger partial charge >= 0.3 is 0 Å². The summed E-state index contributed by atoms with van der Waals surface area (Å²) in [4.78, 5) is 29.4. The molecule has 0 aliphatic heterocycles. The summed E-state index contributed by atoms with van der Waals surface area (Å²) >= 11 is 0. The topological polar surface area (TPSA) is 51.2 Å². The Morgan fingerprint density at radius 1 is 1.22 bits per heavy atom. The first kappa shape index (κ1) is 8.01. The molecule has 0 aromatic heterocycles. The van der Waals surface area contributed by atoms with Crippen molar-refractivity contribution in [1.82, 2.24) is 0 Å². The lowest BCUT2D eigenvalue weighted by Gasteiger charge is -1.85. The van der Waals surface area contributed by atoms with Gasteiger partial charge in [0.15, 0.2) is 6.29 Å². The molecule has 0 heterocycles. The van der Waals surface area contributed by atoms with Crippen molar-refractivity contribution in [1.29, 1.82) is 0 Å². The molecule has 0 saturated carbocycles. The summed E-state index contributed by atoms with van der Waals surface area (Å²) in [7, 11) is 0. The van der Waals surface area contributed by atoms with Crippen LogP contribution in [-0.4, -0.2) is 18.4 Å². The third-order valence-corrected chi connectivity index (χ3v) is 0.775. The summed E-state index contributed by atoms with van der Waals surface area (Å²) in [6.07, 6.45) is 2.99. The minimum absolute atomic E-state index is 0.0838. The predicted molar refractivity (Wildman–Crippen MR) is 30.2 cm³/mol. The van der Waals surface area contributed by atoms with Crippen molar-refractivity contribution in [2.45, 2.75) is 19.3 Å². The van der Waals surface area contributed by atoms with Crippen LogP contribution >= 0.6 is 0 Å². The molecule has 0 amide bonds. The van der Waals surface area contributed by atoms with Crippen molar-refractivity contribution >= 4 is 18.4 Å². The van der Waals surface area contributed by atoms with E-state index < -0.39 is 0 Å². The fourth-order valence-corrected chi connectivity index (χ4v) is 0.359. The molecule has 0 aromatic rings. The van der Waals surface area contributed by atoms with E-state index in [9.17, 15) is 14.4 Å². The Morgan fingerprint density at radius 3 is 2.33 bits per heavy atom. The lowest BCUT2D eigenvalue weighted by molar-refractivity contribution is -0.117. The second kappa shape index (κ2) is 5.15. The first-order valence-corrected chi connectivity index (χ1v) is 2.53. The van der Waals surface area contributed by atoms with Crippen LogP contribution in [-0.2, 0) is 14.4 Å². The molecule has 0 spiro atoms. The van der Waals surface area contributed by atoms with E-state index in [2.05, 4.69) is 0 Å². The standard InChI is InChI=1S/C6H6O3/c7-4-1-2-6(9)3-5-8/h1-3H2. The second-order valence-corrected chi connectivity index (χ2v) is 1.50. The highest BCUT2D eigenvalue weighted by molar-refractivity contribution is 5.90. The number of hydrogen-bond acceptors (Lipinski definition) is 3. The van der Waals surface area contributed by atoms with Gasteiger partial charge < -0.3 is 0 Å². The fraction of sp³-hybridized carbons (Fsp3) is 0.500. The Morgan fingerprint density at radius 2 is 1.89 bits per heavy atom. The average Bonchev–Trinajstić information content (AvgIpc) is 1.85. The van der Waals surface area contributed by atoms with E-state index in [1.807, 2.05) is 0 Å². The van der Waals surface area contributed by atoms with Gasteiger partial charge in [-0.2, -0.15) is 0 Å². The maximum absolute atomic E-state index is 10.4. The van der Waals surface area contributed by atoms with E-state index in [4.69, 9.17) is 0 Å². The zero-order valence-electron chi connectivity index (χ0n) is 4.85. The first-order chi connectivity index (χ1) is 4.31. The summed E-state index contributed by atoms with van der Waals surface area (Å²) in [5.41, 5.74) is 0. The maximum atomic E-state index is 10.4. The molecule has 3 heteroatoms. The number of ketones is 1. The van der Waals surface area contributed by atoms with Crippen LogP contribution in [0.4, 0.5) is 0 Å². The minimum atomic E-state index is -0.256. The van der Waals surface area contributed by atoms with E-state index >= 15 is 0 Å². The van der Waals surface area contributed by atoms with Gasteiger partial charge in [0, 0.05) is 12.8 Å². The maximum Gasteiger partial charge on any atom is 0.206 e. The molecule has 0 atom stereocenters. The van der Waals surface area contributed by atoms with Gasteiger partial charge in [-0.3, -0.25) is 14.4 Å². The second-order valence-electron chi connectivity index (χ2n) is 1.50. The summed E-state index contributed by atoms with van der Waals surface area (Å²) in [5.74, 6) is -0.256. The van der Waals surface area contributed by atoms with Crippen molar-refractivity contribution in [3.8, 4) is 0 Å². The van der Waals surface area contributed by atoms with Crippen LogP contribution in [0.15, 0.2) is 0 Å². The SMILES string of the molecule is O=[C]CCC(=O)C[C]=O. The van der Waals surface area contributed by atoms with Gasteiger partial charge in [0.05, 0.1) is 6.42 Å². The van der Waals surface area contributed by atoms with Gasteiger partial charge in [0.1, 0.15) is 5.78 Å². The lowest BCUT2D eigenvalue weighted by Crippen LogP contribution is -1.97. The third kappa shape index (κ3) is 4.87. The Labute approximate surface area is 53.0 Å². The molecule has 0 aliphatic rings. The van der Waals surface area contributed by atoms with E-state index in [0.717, 1.165) is 0 Å². The summed E-state index contributed by atoms with van der Waals surface area (Å²) < 4.78 is 0. The van der Waals surface area contributed by atoms with E-state index in [0.29, 0.717) is 0 Å². The van der Waals surface area contributed by atoms with Gasteiger partial charge in [-0.05, 0) is 0 Å². The molecule has 2 radical (unpaired) electrons. The number of carbonyl (C=O) groups excluding carboxylic acids is 3. The Balaban J connectivity index is 3.26. The highest BCUT2D eigenvalue weighted by Crippen LogP contribution is 1.89. The van der Waals surface area contributed by atoms with Gasteiger partial charge in [0.25, 0.3) is 0 Å². The van der Waals surface area contributed by atoms with Gasteiger partial charge in [0.2, 0.25) is 6.29 Å². The molecular formula is C6H6O3. The molecule has 0 saturated heterocycles. The first-order valence-electron chi connectivity index (χ1n) is 2.53. The van der Waals surface area contributed by atoms with Gasteiger partial charge in [-0.1, -0.05) is 0 Å². The molecule has 0 N–H and O–H groups in total. The van der Waals surface area contributed by atoms with Crippen molar-refractivity contribution in [2.24, 2.45) is 0 Å². The highest BCUT2D eigenvalue weighted by atomic mass is 16.1. The van der Waals surface area contributed by atoms with Crippen LogP contribution in [0.1, 0.15) is 19.3 Å². The van der Waals surface area contributed by atoms with E-state index in [-0.39, 0.29) is 25.0 Å². The van der Waals surface area contributed by atoms with Crippen LogP contribution in [0.5, 0.6) is 0 Å². The van der Waals surface area contributed by atoms with Crippen LogP contribution in [0.25, 0.3) is 0 Å². The number of Topliss-reactive ketones (excluding diaryl/α,β-unsaturated/α-hetero) is 1. The molecule has 0 aromatic carbocycles. The molecule has 9 heavy (non-hydrogen) atoms. The molecular weight excluding hydrogens is 120 g/mol. The van der Waals surface area contributed by atoms with E-state index in [1.165, 1.54) is 6.29 Å². The number of carbonyl (C=O) groups is 1. The van der Waals surface area contributed by atoms with Crippen LogP contribution in [0.2, 0.25) is 0 Å². The van der Waals surface area contributed by atoms with Crippen LogP contribution < -0.4 is 0 Å². The Bertz CT molecular complexity index is 117. The quantitative estimate of drug-likeness (QED) is 0.485. The average molecular weight is 126 g/mol. The third-order valence-electron chi connectivity index (χ3n) is 0.775. The normalized spacial score (nSPS) is 8.44. The monoisotopic (exact) mass is 126 g/mol. The van der Waals surface area contributed by atoms with Crippen LogP contribution in [0.3, 0.4) is 0 Å². The predicted octanol–water partition coefficient (Wildman–Crippen LogP) is -0.0548. The van der Waals surface area contributed by atoms with Crippen molar-refractivity contribution < 1.29 is 14.4 Å². The Kier molecular flexibility index (Phi) is 4.59.